The highest BCUT2D eigenvalue weighted by atomic mass is 19.1. The van der Waals surface area contributed by atoms with Crippen LogP contribution in [0.1, 0.15) is 11.1 Å². The first-order valence-electron chi connectivity index (χ1n) is 6.00. The molecular formula is C15H13F2NO2. The number of rotatable bonds is 3. The molecule has 0 atom stereocenters. The van der Waals surface area contributed by atoms with E-state index in [0.717, 1.165) is 12.1 Å². The molecule has 0 saturated heterocycles. The summed E-state index contributed by atoms with van der Waals surface area (Å²) in [5.41, 5.74) is 0.629. The summed E-state index contributed by atoms with van der Waals surface area (Å²) in [6.45, 7) is 1.63. The minimum absolute atomic E-state index is 0.0415. The molecule has 0 unspecified atom stereocenters. The smallest absolute Gasteiger partial charge is 0.229 e. The fraction of sp³-hybridized carbons (Fsp3) is 0.133. The Hall–Kier alpha value is -2.43. The van der Waals surface area contributed by atoms with E-state index >= 15 is 0 Å². The molecule has 0 radical (unpaired) electrons. The van der Waals surface area contributed by atoms with Crippen LogP contribution in [-0.2, 0) is 11.2 Å². The van der Waals surface area contributed by atoms with Gasteiger partial charge in [0.15, 0.2) is 0 Å². The van der Waals surface area contributed by atoms with Crippen molar-refractivity contribution in [3.63, 3.8) is 0 Å². The van der Waals surface area contributed by atoms with Gasteiger partial charge in [-0.2, -0.15) is 0 Å². The Morgan fingerprint density at radius 1 is 1.15 bits per heavy atom. The highest BCUT2D eigenvalue weighted by molar-refractivity contribution is 5.93. The normalized spacial score (nSPS) is 10.3. The lowest BCUT2D eigenvalue weighted by Gasteiger charge is -2.10. The Labute approximate surface area is 114 Å². The van der Waals surface area contributed by atoms with Crippen LogP contribution in [0.3, 0.4) is 0 Å². The lowest BCUT2D eigenvalue weighted by molar-refractivity contribution is -0.115. The molecule has 0 aromatic heterocycles. The van der Waals surface area contributed by atoms with Gasteiger partial charge in [-0.05, 0) is 31.2 Å². The number of hydrogen-bond donors (Lipinski definition) is 2. The number of carbonyl (C=O) groups excluding carboxylic acids is 1. The summed E-state index contributed by atoms with van der Waals surface area (Å²) >= 11 is 0. The summed E-state index contributed by atoms with van der Waals surface area (Å²) in [6, 6.07) is 8.11. The van der Waals surface area contributed by atoms with E-state index in [1.54, 1.807) is 19.1 Å². The maximum Gasteiger partial charge on any atom is 0.229 e. The zero-order valence-electron chi connectivity index (χ0n) is 10.8. The number of carbonyl (C=O) groups is 1. The van der Waals surface area contributed by atoms with Gasteiger partial charge in [0.25, 0.3) is 0 Å². The first-order chi connectivity index (χ1) is 9.49. The van der Waals surface area contributed by atoms with Crippen molar-refractivity contribution < 1.29 is 18.7 Å². The second-order valence-corrected chi connectivity index (χ2v) is 4.37. The number of amides is 1. The molecule has 3 nitrogen and oxygen atoms in total. The molecule has 0 heterocycles. The van der Waals surface area contributed by atoms with Crippen LogP contribution in [0.5, 0.6) is 5.75 Å². The van der Waals surface area contributed by atoms with Gasteiger partial charge in [0.2, 0.25) is 5.91 Å². The van der Waals surface area contributed by atoms with E-state index in [9.17, 15) is 18.7 Å². The summed E-state index contributed by atoms with van der Waals surface area (Å²) in [6.07, 6.45) is -0.409. The third-order valence-corrected chi connectivity index (χ3v) is 2.98. The van der Waals surface area contributed by atoms with E-state index in [4.69, 9.17) is 0 Å². The molecule has 2 aromatic rings. The molecule has 0 saturated carbocycles. The molecule has 0 aliphatic heterocycles. The van der Waals surface area contributed by atoms with Crippen molar-refractivity contribution in [1.29, 1.82) is 0 Å². The van der Waals surface area contributed by atoms with E-state index in [1.807, 2.05) is 0 Å². The summed E-state index contributed by atoms with van der Waals surface area (Å²) in [5, 5.41) is 12.0. The fourth-order valence-corrected chi connectivity index (χ4v) is 1.82. The van der Waals surface area contributed by atoms with Crippen LogP contribution >= 0.6 is 0 Å². The predicted molar refractivity (Wildman–Crippen MR) is 71.5 cm³/mol. The number of halogens is 2. The first kappa shape index (κ1) is 14.0. The van der Waals surface area contributed by atoms with Crippen molar-refractivity contribution in [3.8, 4) is 5.75 Å². The maximum absolute atomic E-state index is 13.4. The Bertz CT molecular complexity index is 636. The van der Waals surface area contributed by atoms with Crippen LogP contribution < -0.4 is 5.32 Å². The van der Waals surface area contributed by atoms with E-state index in [1.165, 1.54) is 12.1 Å². The lowest BCUT2D eigenvalue weighted by Crippen LogP contribution is -2.16. The second-order valence-electron chi connectivity index (χ2n) is 4.37. The van der Waals surface area contributed by atoms with Gasteiger partial charge >= 0.3 is 0 Å². The van der Waals surface area contributed by atoms with Gasteiger partial charge in [0.1, 0.15) is 17.4 Å². The van der Waals surface area contributed by atoms with E-state index in [2.05, 4.69) is 5.32 Å². The van der Waals surface area contributed by atoms with Crippen molar-refractivity contribution in [3.05, 3.63) is 59.2 Å². The number of benzene rings is 2. The van der Waals surface area contributed by atoms with Crippen molar-refractivity contribution in [1.82, 2.24) is 0 Å². The van der Waals surface area contributed by atoms with Crippen LogP contribution in [0.25, 0.3) is 0 Å². The second kappa shape index (κ2) is 5.69. The summed E-state index contributed by atoms with van der Waals surface area (Å²) < 4.78 is 26.9. The highest BCUT2D eigenvalue weighted by Crippen LogP contribution is 2.24. The predicted octanol–water partition coefficient (Wildman–Crippen LogP) is 3.16. The van der Waals surface area contributed by atoms with Gasteiger partial charge in [0.05, 0.1) is 6.42 Å². The SMILES string of the molecule is Cc1c(O)cccc1NC(=O)Cc1c(F)cccc1F. The van der Waals surface area contributed by atoms with Gasteiger partial charge in [-0.15, -0.1) is 0 Å². The molecule has 20 heavy (non-hydrogen) atoms. The lowest BCUT2D eigenvalue weighted by atomic mass is 10.1. The molecule has 104 valence electrons. The van der Waals surface area contributed by atoms with Crippen LogP contribution in [-0.4, -0.2) is 11.0 Å². The standard InChI is InChI=1S/C15H13F2NO2/c1-9-13(6-3-7-14(9)19)18-15(20)8-10-11(16)4-2-5-12(10)17/h2-7,19H,8H2,1H3,(H,18,20). The molecule has 0 bridgehead atoms. The number of anilines is 1. The third-order valence-electron chi connectivity index (χ3n) is 2.98. The molecule has 5 heteroatoms. The fourth-order valence-electron chi connectivity index (χ4n) is 1.82. The van der Waals surface area contributed by atoms with Gasteiger partial charge < -0.3 is 10.4 Å². The minimum Gasteiger partial charge on any atom is -0.508 e. The van der Waals surface area contributed by atoms with Gasteiger partial charge in [-0.3, -0.25) is 4.79 Å². The zero-order valence-corrected chi connectivity index (χ0v) is 10.8. The van der Waals surface area contributed by atoms with Crippen molar-refractivity contribution in [2.24, 2.45) is 0 Å². The van der Waals surface area contributed by atoms with Crippen molar-refractivity contribution in [2.45, 2.75) is 13.3 Å². The van der Waals surface area contributed by atoms with Crippen LogP contribution in [0.2, 0.25) is 0 Å². The molecule has 1 amide bonds. The van der Waals surface area contributed by atoms with Crippen LogP contribution in [0.4, 0.5) is 14.5 Å². The number of phenolic OH excluding ortho intramolecular Hbond substituents is 1. The molecule has 0 fully saturated rings. The van der Waals surface area contributed by atoms with Gasteiger partial charge in [-0.1, -0.05) is 12.1 Å². The summed E-state index contributed by atoms with van der Waals surface area (Å²) in [5.74, 6) is -2.02. The monoisotopic (exact) mass is 277 g/mol. The first-order valence-corrected chi connectivity index (χ1v) is 6.00. The minimum atomic E-state index is -0.757. The third kappa shape index (κ3) is 2.93. The Morgan fingerprint density at radius 2 is 1.75 bits per heavy atom. The van der Waals surface area contributed by atoms with Crippen LogP contribution in [0, 0.1) is 18.6 Å². The summed E-state index contributed by atoms with van der Waals surface area (Å²) in [4.78, 5) is 11.8. The molecule has 2 aromatic carbocycles. The molecule has 2 rings (SSSR count). The number of hydrogen-bond acceptors (Lipinski definition) is 2. The maximum atomic E-state index is 13.4. The quantitative estimate of drug-likeness (QED) is 0.905. The Morgan fingerprint density at radius 3 is 2.40 bits per heavy atom. The highest BCUT2D eigenvalue weighted by Gasteiger charge is 2.14. The Kier molecular flexibility index (Phi) is 3.98. The zero-order chi connectivity index (χ0) is 14.7. The average Bonchev–Trinajstić information content (AvgIpc) is 2.39. The van der Waals surface area contributed by atoms with E-state index in [0.29, 0.717) is 11.3 Å². The Balaban J connectivity index is 2.16. The molecule has 0 aliphatic carbocycles. The van der Waals surface area contributed by atoms with E-state index in [-0.39, 0.29) is 11.3 Å². The topological polar surface area (TPSA) is 49.3 Å². The molecular weight excluding hydrogens is 264 g/mol. The van der Waals surface area contributed by atoms with Gasteiger partial charge in [-0.25, -0.2) is 8.78 Å². The number of nitrogens with one attached hydrogen (secondary N) is 1. The molecule has 0 spiro atoms. The van der Waals surface area contributed by atoms with E-state index < -0.39 is 24.0 Å². The largest absolute Gasteiger partial charge is 0.508 e. The van der Waals surface area contributed by atoms with Crippen LogP contribution in [0.15, 0.2) is 36.4 Å². The van der Waals surface area contributed by atoms with Gasteiger partial charge in [0, 0.05) is 16.8 Å². The molecule has 0 aliphatic rings. The number of phenols is 1. The number of aromatic hydroxyl groups is 1. The van der Waals surface area contributed by atoms with Crippen molar-refractivity contribution in [2.75, 3.05) is 5.32 Å². The molecule has 2 N–H and O–H groups in total. The summed E-state index contributed by atoms with van der Waals surface area (Å²) in [7, 11) is 0. The average molecular weight is 277 g/mol. The van der Waals surface area contributed by atoms with Crippen molar-refractivity contribution >= 4 is 11.6 Å².